The lowest BCUT2D eigenvalue weighted by Crippen LogP contribution is -2.34. The normalized spacial score (nSPS) is 26.5. The third-order valence-electron chi connectivity index (χ3n) is 3.38. The summed E-state index contributed by atoms with van der Waals surface area (Å²) in [5.74, 6) is 0. The van der Waals surface area contributed by atoms with Crippen LogP contribution in [0.2, 0.25) is 0 Å². The lowest BCUT2D eigenvalue weighted by molar-refractivity contribution is -0.384. The van der Waals surface area contributed by atoms with Gasteiger partial charge in [0.15, 0.2) is 0 Å². The van der Waals surface area contributed by atoms with Crippen LogP contribution in [0.25, 0.3) is 0 Å². The molecular weight excluding hydrogens is 208 g/mol. The summed E-state index contributed by atoms with van der Waals surface area (Å²) in [5.41, 5.74) is 6.98. The van der Waals surface area contributed by atoms with Crippen molar-refractivity contribution in [3.8, 4) is 0 Å². The Kier molecular flexibility index (Phi) is 2.25. The maximum Gasteiger partial charge on any atom is 0.269 e. The van der Waals surface area contributed by atoms with E-state index in [1.54, 1.807) is 6.07 Å². The number of aliphatic hydroxyl groups excluding tert-OH is 1. The quantitative estimate of drug-likeness (QED) is 0.552. The van der Waals surface area contributed by atoms with Crippen LogP contribution in [0.4, 0.5) is 5.69 Å². The molecule has 86 valence electrons. The minimum Gasteiger partial charge on any atom is -0.390 e. The van der Waals surface area contributed by atoms with Gasteiger partial charge in [-0.3, -0.25) is 10.1 Å². The van der Waals surface area contributed by atoms with Crippen molar-refractivity contribution < 1.29 is 10.0 Å². The van der Waals surface area contributed by atoms with Gasteiger partial charge in [-0.05, 0) is 11.1 Å². The van der Waals surface area contributed by atoms with Crippen molar-refractivity contribution in [1.82, 2.24) is 0 Å². The first kappa shape index (κ1) is 11.0. The predicted octanol–water partition coefficient (Wildman–Crippen LogP) is 1.25. The van der Waals surface area contributed by atoms with Crippen LogP contribution in [0.15, 0.2) is 18.2 Å². The number of benzene rings is 1. The molecule has 0 heterocycles. The van der Waals surface area contributed by atoms with E-state index < -0.39 is 22.5 Å². The van der Waals surface area contributed by atoms with Crippen molar-refractivity contribution in [3.63, 3.8) is 0 Å². The third-order valence-corrected chi connectivity index (χ3v) is 3.38. The monoisotopic (exact) mass is 222 g/mol. The molecule has 0 unspecified atom stereocenters. The van der Waals surface area contributed by atoms with Gasteiger partial charge < -0.3 is 10.8 Å². The molecule has 1 aromatic carbocycles. The largest absolute Gasteiger partial charge is 0.390 e. The van der Waals surface area contributed by atoms with Crippen LogP contribution >= 0.6 is 0 Å². The standard InChI is InChI=1S/C11H14N2O3/c1-11(2)8-4-3-6(13(15)16)5-7(8)9(12)10(11)14/h3-5,9-10,14H,12H2,1-2H3/t9-,10+/m0/s1. The highest BCUT2D eigenvalue weighted by molar-refractivity contribution is 5.49. The Morgan fingerprint density at radius 3 is 2.69 bits per heavy atom. The van der Waals surface area contributed by atoms with Crippen molar-refractivity contribution in [1.29, 1.82) is 0 Å². The molecule has 1 aliphatic carbocycles. The molecule has 0 bridgehead atoms. The molecule has 5 heteroatoms. The highest BCUT2D eigenvalue weighted by Crippen LogP contribution is 2.44. The summed E-state index contributed by atoms with van der Waals surface area (Å²) in [5, 5.41) is 20.6. The number of aliphatic hydroxyl groups is 1. The van der Waals surface area contributed by atoms with E-state index in [1.165, 1.54) is 12.1 Å². The third kappa shape index (κ3) is 1.32. The van der Waals surface area contributed by atoms with Crippen LogP contribution in [0.3, 0.4) is 0 Å². The van der Waals surface area contributed by atoms with Gasteiger partial charge in [-0.25, -0.2) is 0 Å². The first-order valence-corrected chi connectivity index (χ1v) is 5.08. The molecule has 1 aromatic rings. The van der Waals surface area contributed by atoms with Gasteiger partial charge in [0, 0.05) is 17.5 Å². The van der Waals surface area contributed by atoms with Crippen LogP contribution in [0.1, 0.15) is 31.0 Å². The number of nitrogens with two attached hydrogens (primary N) is 1. The molecule has 1 aliphatic rings. The molecule has 0 aliphatic heterocycles. The van der Waals surface area contributed by atoms with E-state index in [4.69, 9.17) is 5.73 Å². The summed E-state index contributed by atoms with van der Waals surface area (Å²) in [6, 6.07) is 4.04. The van der Waals surface area contributed by atoms with Crippen LogP contribution in [-0.4, -0.2) is 16.1 Å². The fourth-order valence-corrected chi connectivity index (χ4v) is 2.30. The summed E-state index contributed by atoms with van der Waals surface area (Å²) >= 11 is 0. The van der Waals surface area contributed by atoms with Crippen LogP contribution in [-0.2, 0) is 5.41 Å². The number of nitrogens with zero attached hydrogens (tertiary/aromatic N) is 1. The van der Waals surface area contributed by atoms with E-state index in [1.807, 2.05) is 13.8 Å². The first-order chi connectivity index (χ1) is 7.35. The van der Waals surface area contributed by atoms with E-state index in [0.29, 0.717) is 5.56 Å². The van der Waals surface area contributed by atoms with Gasteiger partial charge in [0.05, 0.1) is 17.1 Å². The zero-order valence-electron chi connectivity index (χ0n) is 9.18. The zero-order chi connectivity index (χ0) is 12.1. The van der Waals surface area contributed by atoms with E-state index in [2.05, 4.69) is 0 Å². The number of fused-ring (bicyclic) bond motifs is 1. The topological polar surface area (TPSA) is 89.4 Å². The Morgan fingerprint density at radius 2 is 2.12 bits per heavy atom. The molecule has 2 atom stereocenters. The fraction of sp³-hybridized carbons (Fsp3) is 0.455. The highest BCUT2D eigenvalue weighted by atomic mass is 16.6. The van der Waals surface area contributed by atoms with Crippen molar-refractivity contribution >= 4 is 5.69 Å². The number of rotatable bonds is 1. The van der Waals surface area contributed by atoms with Gasteiger partial charge >= 0.3 is 0 Å². The summed E-state index contributed by atoms with van der Waals surface area (Å²) < 4.78 is 0. The summed E-state index contributed by atoms with van der Waals surface area (Å²) in [7, 11) is 0. The van der Waals surface area contributed by atoms with Crippen molar-refractivity contribution in [2.45, 2.75) is 31.4 Å². The van der Waals surface area contributed by atoms with Gasteiger partial charge in [-0.1, -0.05) is 19.9 Å². The van der Waals surface area contributed by atoms with Gasteiger partial charge in [-0.15, -0.1) is 0 Å². The van der Waals surface area contributed by atoms with Gasteiger partial charge in [0.2, 0.25) is 0 Å². The van der Waals surface area contributed by atoms with Crippen LogP contribution < -0.4 is 5.73 Å². The number of nitro benzene ring substituents is 1. The Balaban J connectivity index is 2.59. The highest BCUT2D eigenvalue weighted by Gasteiger charge is 2.44. The maximum absolute atomic E-state index is 10.7. The maximum atomic E-state index is 10.7. The van der Waals surface area contributed by atoms with Crippen molar-refractivity contribution in [2.24, 2.45) is 5.73 Å². The van der Waals surface area contributed by atoms with Gasteiger partial charge in [-0.2, -0.15) is 0 Å². The van der Waals surface area contributed by atoms with Gasteiger partial charge in [0.25, 0.3) is 5.69 Å². The minimum absolute atomic E-state index is 0.0131. The van der Waals surface area contributed by atoms with Crippen molar-refractivity contribution in [2.75, 3.05) is 0 Å². The van der Waals surface area contributed by atoms with Crippen molar-refractivity contribution in [3.05, 3.63) is 39.4 Å². The predicted molar refractivity (Wildman–Crippen MR) is 59.1 cm³/mol. The number of non-ortho nitro benzene ring substituents is 1. The molecule has 0 aromatic heterocycles. The Bertz CT molecular complexity index is 457. The molecule has 16 heavy (non-hydrogen) atoms. The van der Waals surface area contributed by atoms with E-state index in [-0.39, 0.29) is 5.69 Å². The second-order valence-corrected chi connectivity index (χ2v) is 4.72. The smallest absolute Gasteiger partial charge is 0.269 e. The zero-order valence-corrected chi connectivity index (χ0v) is 9.18. The summed E-state index contributed by atoms with van der Waals surface area (Å²) in [4.78, 5) is 10.2. The van der Waals surface area contributed by atoms with E-state index in [0.717, 1.165) is 5.56 Å². The molecule has 5 nitrogen and oxygen atoms in total. The molecule has 0 radical (unpaired) electrons. The molecule has 0 fully saturated rings. The minimum atomic E-state index is -0.704. The number of hydrogen-bond acceptors (Lipinski definition) is 4. The first-order valence-electron chi connectivity index (χ1n) is 5.08. The van der Waals surface area contributed by atoms with E-state index >= 15 is 0 Å². The average molecular weight is 222 g/mol. The molecule has 3 N–H and O–H groups in total. The van der Waals surface area contributed by atoms with Gasteiger partial charge in [0.1, 0.15) is 0 Å². The molecular formula is C11H14N2O3. The summed E-state index contributed by atoms with van der Waals surface area (Å²) in [6.07, 6.45) is -0.704. The van der Waals surface area contributed by atoms with Crippen LogP contribution in [0, 0.1) is 10.1 Å². The lowest BCUT2D eigenvalue weighted by atomic mass is 9.84. The molecule has 2 rings (SSSR count). The van der Waals surface area contributed by atoms with Crippen LogP contribution in [0.5, 0.6) is 0 Å². The fourth-order valence-electron chi connectivity index (χ4n) is 2.30. The Hall–Kier alpha value is -1.46. The lowest BCUT2D eigenvalue weighted by Gasteiger charge is -2.25. The Labute approximate surface area is 93.0 Å². The second kappa shape index (κ2) is 3.26. The molecule has 0 spiro atoms. The molecule has 0 saturated carbocycles. The molecule has 0 saturated heterocycles. The number of nitro groups is 1. The number of hydrogen-bond donors (Lipinski definition) is 2. The summed E-state index contributed by atoms with van der Waals surface area (Å²) in [6.45, 7) is 3.77. The average Bonchev–Trinajstić information content (AvgIpc) is 2.40. The van der Waals surface area contributed by atoms with E-state index in [9.17, 15) is 15.2 Å². The molecule has 0 amide bonds. The SMILES string of the molecule is CC1(C)c2ccc([N+](=O)[O-])cc2[C@H](N)[C@H]1O. The Morgan fingerprint density at radius 1 is 1.50 bits per heavy atom. The second-order valence-electron chi connectivity index (χ2n) is 4.72.